The van der Waals surface area contributed by atoms with E-state index in [0.29, 0.717) is 22.0 Å². The number of hydrogen-bond donors (Lipinski definition) is 2. The summed E-state index contributed by atoms with van der Waals surface area (Å²) in [5.74, 6) is -0.412. The summed E-state index contributed by atoms with van der Waals surface area (Å²) in [7, 11) is 0. The molecule has 0 saturated carbocycles. The van der Waals surface area contributed by atoms with Crippen molar-refractivity contribution in [3.8, 4) is 0 Å². The van der Waals surface area contributed by atoms with E-state index in [-0.39, 0.29) is 23.9 Å². The zero-order valence-electron chi connectivity index (χ0n) is 15.3. The predicted octanol–water partition coefficient (Wildman–Crippen LogP) is 4.70. The van der Waals surface area contributed by atoms with Crippen molar-refractivity contribution in [2.24, 2.45) is 0 Å². The van der Waals surface area contributed by atoms with Crippen LogP contribution < -0.4 is 10.6 Å². The van der Waals surface area contributed by atoms with Gasteiger partial charge in [0.15, 0.2) is 0 Å². The first kappa shape index (κ1) is 20.0. The number of nitro groups is 1. The van der Waals surface area contributed by atoms with Crippen LogP contribution in [0, 0.1) is 10.1 Å². The number of benzene rings is 2. The summed E-state index contributed by atoms with van der Waals surface area (Å²) in [5, 5.41) is 18.0. The van der Waals surface area contributed by atoms with E-state index in [1.807, 2.05) is 0 Å². The van der Waals surface area contributed by atoms with Gasteiger partial charge in [0.05, 0.1) is 17.1 Å². The van der Waals surface area contributed by atoms with E-state index in [0.717, 1.165) is 0 Å². The fourth-order valence-corrected chi connectivity index (χ4v) is 2.57. The second kappa shape index (κ2) is 8.98. The second-order valence-electron chi connectivity index (χ2n) is 5.73. The molecule has 9 nitrogen and oxygen atoms in total. The Kier molecular flexibility index (Phi) is 6.20. The molecule has 0 unspecified atom stereocenters. The first-order valence-electron chi connectivity index (χ1n) is 8.54. The SMILES string of the molecule is CCOC(=O)c1ccc(Nc2ncnc(Nc3ccc(Cl)cc3)c2[N+](=O)[O-])cc1. The first-order chi connectivity index (χ1) is 14.0. The number of nitrogens with one attached hydrogen (secondary N) is 2. The van der Waals surface area contributed by atoms with Gasteiger partial charge in [0, 0.05) is 16.4 Å². The van der Waals surface area contributed by atoms with E-state index in [9.17, 15) is 14.9 Å². The lowest BCUT2D eigenvalue weighted by Crippen LogP contribution is -2.06. The Balaban J connectivity index is 1.86. The van der Waals surface area contributed by atoms with Gasteiger partial charge < -0.3 is 15.4 Å². The summed E-state index contributed by atoms with van der Waals surface area (Å²) in [5.41, 5.74) is 1.15. The molecule has 0 atom stereocenters. The Morgan fingerprint density at radius 3 is 2.03 bits per heavy atom. The van der Waals surface area contributed by atoms with Crippen LogP contribution in [0.4, 0.5) is 28.7 Å². The molecule has 0 radical (unpaired) electrons. The highest BCUT2D eigenvalue weighted by Crippen LogP contribution is 2.33. The molecule has 0 bridgehead atoms. The minimum atomic E-state index is -0.576. The van der Waals surface area contributed by atoms with Crippen molar-refractivity contribution in [3.05, 3.63) is 75.6 Å². The lowest BCUT2D eigenvalue weighted by Gasteiger charge is -2.10. The summed E-state index contributed by atoms with van der Waals surface area (Å²) in [6.45, 7) is 1.99. The van der Waals surface area contributed by atoms with Gasteiger partial charge in [-0.2, -0.15) is 0 Å². The van der Waals surface area contributed by atoms with Crippen molar-refractivity contribution in [3.63, 3.8) is 0 Å². The average molecular weight is 414 g/mol. The highest BCUT2D eigenvalue weighted by Gasteiger charge is 2.23. The smallest absolute Gasteiger partial charge is 0.353 e. The predicted molar refractivity (Wildman–Crippen MR) is 109 cm³/mol. The summed E-state index contributed by atoms with van der Waals surface area (Å²) >= 11 is 5.86. The molecule has 29 heavy (non-hydrogen) atoms. The van der Waals surface area contributed by atoms with E-state index < -0.39 is 10.9 Å². The minimum absolute atomic E-state index is 0.00495. The van der Waals surface area contributed by atoms with E-state index in [1.165, 1.54) is 6.33 Å². The highest BCUT2D eigenvalue weighted by atomic mass is 35.5. The standard InChI is InChI=1S/C19H16ClN5O4/c1-2-29-19(26)12-3-7-14(8-4-12)23-17-16(25(27)28)18(22-11-21-17)24-15-9-5-13(20)6-10-15/h3-11H,2H2,1H3,(H2,21,22,23,24). The van der Waals surface area contributed by atoms with Crippen LogP contribution in [-0.2, 0) is 4.74 Å². The number of esters is 1. The molecule has 0 fully saturated rings. The molecule has 10 heteroatoms. The van der Waals surface area contributed by atoms with E-state index >= 15 is 0 Å². The Bertz CT molecular complexity index is 1030. The Morgan fingerprint density at radius 2 is 1.55 bits per heavy atom. The molecule has 0 amide bonds. The maximum absolute atomic E-state index is 11.7. The number of nitrogens with zero attached hydrogens (tertiary/aromatic N) is 3. The van der Waals surface area contributed by atoms with Crippen LogP contribution in [0.15, 0.2) is 54.9 Å². The maximum Gasteiger partial charge on any atom is 0.353 e. The number of aromatic nitrogens is 2. The van der Waals surface area contributed by atoms with Crippen molar-refractivity contribution in [2.75, 3.05) is 17.2 Å². The molecule has 0 aliphatic heterocycles. The fourth-order valence-electron chi connectivity index (χ4n) is 2.45. The van der Waals surface area contributed by atoms with Gasteiger partial charge in [-0.1, -0.05) is 11.6 Å². The van der Waals surface area contributed by atoms with Gasteiger partial charge in [-0.15, -0.1) is 0 Å². The molecule has 148 valence electrons. The third kappa shape index (κ3) is 4.96. The molecule has 0 aliphatic carbocycles. The summed E-state index contributed by atoms with van der Waals surface area (Å²) in [6.07, 6.45) is 1.21. The quantitative estimate of drug-likeness (QED) is 0.325. The molecule has 3 rings (SSSR count). The van der Waals surface area contributed by atoms with Gasteiger partial charge in [-0.05, 0) is 55.5 Å². The molecule has 2 aromatic carbocycles. The van der Waals surface area contributed by atoms with E-state index in [1.54, 1.807) is 55.5 Å². The van der Waals surface area contributed by atoms with E-state index in [2.05, 4.69) is 20.6 Å². The van der Waals surface area contributed by atoms with Crippen LogP contribution >= 0.6 is 11.6 Å². The van der Waals surface area contributed by atoms with Crippen LogP contribution in [-0.4, -0.2) is 27.5 Å². The Morgan fingerprint density at radius 1 is 1.03 bits per heavy atom. The van der Waals surface area contributed by atoms with Crippen LogP contribution in [0.25, 0.3) is 0 Å². The molecule has 1 heterocycles. The number of halogens is 1. The number of hydrogen-bond acceptors (Lipinski definition) is 8. The second-order valence-corrected chi connectivity index (χ2v) is 6.17. The van der Waals surface area contributed by atoms with Gasteiger partial charge in [-0.3, -0.25) is 10.1 Å². The topological polar surface area (TPSA) is 119 Å². The summed E-state index contributed by atoms with van der Waals surface area (Å²) < 4.78 is 4.93. The fraction of sp³-hybridized carbons (Fsp3) is 0.105. The van der Waals surface area contributed by atoms with Gasteiger partial charge in [0.25, 0.3) is 0 Å². The number of rotatable bonds is 7. The number of ether oxygens (including phenoxy) is 1. The lowest BCUT2D eigenvalue weighted by atomic mass is 10.2. The van der Waals surface area contributed by atoms with Crippen molar-refractivity contribution < 1.29 is 14.5 Å². The zero-order valence-corrected chi connectivity index (χ0v) is 16.0. The van der Waals surface area contributed by atoms with Crippen molar-refractivity contribution in [2.45, 2.75) is 6.92 Å². The normalized spacial score (nSPS) is 10.3. The average Bonchev–Trinajstić information content (AvgIpc) is 2.70. The third-order valence-electron chi connectivity index (χ3n) is 3.77. The monoisotopic (exact) mass is 413 g/mol. The highest BCUT2D eigenvalue weighted by molar-refractivity contribution is 6.30. The van der Waals surface area contributed by atoms with Gasteiger partial charge in [0.1, 0.15) is 6.33 Å². The third-order valence-corrected chi connectivity index (χ3v) is 4.02. The minimum Gasteiger partial charge on any atom is -0.462 e. The maximum atomic E-state index is 11.7. The molecular formula is C19H16ClN5O4. The molecule has 2 N–H and O–H groups in total. The Labute approximate surface area is 170 Å². The van der Waals surface area contributed by atoms with Crippen molar-refractivity contribution in [1.82, 2.24) is 9.97 Å². The van der Waals surface area contributed by atoms with Gasteiger partial charge >= 0.3 is 11.7 Å². The summed E-state index contributed by atoms with van der Waals surface area (Å²) in [4.78, 5) is 30.8. The van der Waals surface area contributed by atoms with Crippen LogP contribution in [0.3, 0.4) is 0 Å². The molecule has 0 spiro atoms. The molecule has 1 aromatic heterocycles. The largest absolute Gasteiger partial charge is 0.462 e. The van der Waals surface area contributed by atoms with Gasteiger partial charge in [0.2, 0.25) is 11.6 Å². The van der Waals surface area contributed by atoms with Crippen LogP contribution in [0.1, 0.15) is 17.3 Å². The number of anilines is 4. The molecule has 3 aromatic rings. The van der Waals surface area contributed by atoms with Crippen LogP contribution in [0.2, 0.25) is 5.02 Å². The molecule has 0 saturated heterocycles. The number of carbonyl (C=O) groups excluding carboxylic acids is 1. The van der Waals surface area contributed by atoms with E-state index in [4.69, 9.17) is 16.3 Å². The van der Waals surface area contributed by atoms with Gasteiger partial charge in [-0.25, -0.2) is 14.8 Å². The number of carbonyl (C=O) groups is 1. The van der Waals surface area contributed by atoms with Crippen LogP contribution in [0.5, 0.6) is 0 Å². The van der Waals surface area contributed by atoms with Crippen molar-refractivity contribution >= 4 is 46.3 Å². The molecule has 0 aliphatic rings. The van der Waals surface area contributed by atoms with Crippen molar-refractivity contribution in [1.29, 1.82) is 0 Å². The summed E-state index contributed by atoms with van der Waals surface area (Å²) in [6, 6.07) is 13.0. The zero-order chi connectivity index (χ0) is 20.8. The lowest BCUT2D eigenvalue weighted by molar-refractivity contribution is -0.383. The molecular weight excluding hydrogens is 398 g/mol. The Hall–Kier alpha value is -3.72. The first-order valence-corrected chi connectivity index (χ1v) is 8.92.